The number of ketones is 2. The number of hydrogen-bond donors (Lipinski definition) is 3. The number of carboxylic acid groups (broad SMARTS) is 1. The predicted octanol–water partition coefficient (Wildman–Crippen LogP) is -0.707. The minimum atomic E-state index is -2.34. The van der Waals surface area contributed by atoms with Crippen LogP contribution in [0, 0.1) is 17.8 Å². The molecule has 0 aromatic rings. The van der Waals surface area contributed by atoms with Gasteiger partial charge >= 0.3 is 5.97 Å². The first kappa shape index (κ1) is 24.3. The third kappa shape index (κ3) is 4.41. The highest BCUT2D eigenvalue weighted by Crippen LogP contribution is 2.39. The zero-order chi connectivity index (χ0) is 23.5. The van der Waals surface area contributed by atoms with Crippen LogP contribution in [0.1, 0.15) is 45.4 Å². The van der Waals surface area contributed by atoms with Crippen LogP contribution in [0.15, 0.2) is 0 Å². The predicted molar refractivity (Wildman–Crippen MR) is 111 cm³/mol. The maximum atomic E-state index is 13.1. The first-order valence-corrected chi connectivity index (χ1v) is 11.3. The van der Waals surface area contributed by atoms with E-state index in [9.17, 15) is 29.1 Å². The molecule has 3 atom stereocenters. The molecule has 0 aromatic heterocycles. The molecule has 2 amide bonds. The fraction of sp³-hybridized carbons (Fsp3) is 0.762. The molecule has 0 aromatic carbocycles. The molecule has 0 radical (unpaired) electrons. The molecule has 1 aliphatic carbocycles. The van der Waals surface area contributed by atoms with Crippen LogP contribution in [0.5, 0.6) is 0 Å². The molecule has 3 fully saturated rings. The molecule has 2 aliphatic heterocycles. The molecule has 0 spiro atoms. The average molecular weight is 453 g/mol. The first-order valence-electron chi connectivity index (χ1n) is 11.3. The molecule has 11 heteroatoms. The summed E-state index contributed by atoms with van der Waals surface area (Å²) in [5.74, 6) is -0.707. The number of aliphatic carboxylic acids is 1. The van der Waals surface area contributed by atoms with E-state index in [-0.39, 0.29) is 19.1 Å². The lowest BCUT2D eigenvalue weighted by molar-refractivity contribution is -0.224. The fourth-order valence-electron chi connectivity index (χ4n) is 4.93. The molecule has 4 N–H and O–H groups in total. The Morgan fingerprint density at radius 1 is 1.25 bits per heavy atom. The lowest BCUT2D eigenvalue weighted by Gasteiger charge is -2.48. The standard InChI is InChI=1S/C21H32N4O7/c1-2-32-21(16(20(30)31)17(27)18(21)28)25(22)19(29)14-4-3-11-24(12-14)15(26)6-5-13-7-9-23-10-8-13/h13-14,16,23H,2-12,22H2,1H3,(H,30,31)/t14-,16?,21+/m1/s1. The second-order valence-corrected chi connectivity index (χ2v) is 8.71. The minimum absolute atomic E-state index is 0.0255. The first-order chi connectivity index (χ1) is 15.2. The quantitative estimate of drug-likeness (QED) is 0.108. The number of nitrogens with one attached hydrogen (secondary N) is 1. The summed E-state index contributed by atoms with van der Waals surface area (Å²) >= 11 is 0. The molecule has 1 saturated carbocycles. The molecule has 32 heavy (non-hydrogen) atoms. The summed E-state index contributed by atoms with van der Waals surface area (Å²) < 4.78 is 5.32. The number of hydrazine groups is 1. The number of likely N-dealkylation sites (tertiary alicyclic amines) is 1. The third-order valence-electron chi connectivity index (χ3n) is 6.76. The van der Waals surface area contributed by atoms with E-state index in [1.54, 1.807) is 4.90 Å². The van der Waals surface area contributed by atoms with Crippen molar-refractivity contribution in [2.75, 3.05) is 32.8 Å². The Hall–Kier alpha value is -2.37. The number of ether oxygens (including phenoxy) is 1. The number of piperidine rings is 2. The SMILES string of the molecule is CCO[C@]1(N(N)C(=O)[C@@H]2CCCN(C(=O)CCC3CCNCC3)C2)C(=O)C(=O)C1C(=O)O. The van der Waals surface area contributed by atoms with Gasteiger partial charge in [-0.3, -0.25) is 24.0 Å². The van der Waals surface area contributed by atoms with Gasteiger partial charge in [0, 0.05) is 26.1 Å². The second kappa shape index (κ2) is 10.1. The van der Waals surface area contributed by atoms with Crippen molar-refractivity contribution < 1.29 is 33.8 Å². The number of amides is 2. The Morgan fingerprint density at radius 2 is 1.94 bits per heavy atom. The van der Waals surface area contributed by atoms with Crippen LogP contribution in [-0.2, 0) is 28.7 Å². The minimum Gasteiger partial charge on any atom is -0.481 e. The highest BCUT2D eigenvalue weighted by Gasteiger charge is 2.71. The van der Waals surface area contributed by atoms with Gasteiger partial charge in [0.2, 0.25) is 23.3 Å². The van der Waals surface area contributed by atoms with E-state index in [1.807, 2.05) is 0 Å². The Balaban J connectivity index is 1.65. The van der Waals surface area contributed by atoms with Gasteiger partial charge in [0.25, 0.3) is 5.78 Å². The van der Waals surface area contributed by atoms with Crippen LogP contribution in [0.4, 0.5) is 0 Å². The highest BCUT2D eigenvalue weighted by molar-refractivity contribution is 6.52. The van der Waals surface area contributed by atoms with E-state index in [1.165, 1.54) is 6.92 Å². The van der Waals surface area contributed by atoms with Gasteiger partial charge in [0.05, 0.1) is 5.92 Å². The topological polar surface area (TPSA) is 159 Å². The van der Waals surface area contributed by atoms with Gasteiger partial charge in [-0.1, -0.05) is 0 Å². The summed E-state index contributed by atoms with van der Waals surface area (Å²) in [7, 11) is 0. The average Bonchev–Trinajstić information content (AvgIpc) is 2.81. The van der Waals surface area contributed by atoms with Crippen LogP contribution in [0.25, 0.3) is 0 Å². The maximum Gasteiger partial charge on any atom is 0.320 e. The number of carbonyl (C=O) groups is 5. The van der Waals surface area contributed by atoms with Gasteiger partial charge in [-0.25, -0.2) is 10.9 Å². The van der Waals surface area contributed by atoms with E-state index >= 15 is 0 Å². The summed E-state index contributed by atoms with van der Waals surface area (Å²) in [6, 6.07) is 0. The molecule has 1 unspecified atom stereocenters. The van der Waals surface area contributed by atoms with Crippen molar-refractivity contribution >= 4 is 29.4 Å². The van der Waals surface area contributed by atoms with E-state index in [2.05, 4.69) is 5.32 Å². The van der Waals surface area contributed by atoms with E-state index in [4.69, 9.17) is 10.6 Å². The van der Waals surface area contributed by atoms with Crippen LogP contribution in [0.3, 0.4) is 0 Å². The molecular formula is C21H32N4O7. The Morgan fingerprint density at radius 3 is 2.56 bits per heavy atom. The maximum absolute atomic E-state index is 13.1. The van der Waals surface area contributed by atoms with Crippen molar-refractivity contribution in [3.8, 4) is 0 Å². The van der Waals surface area contributed by atoms with Crippen molar-refractivity contribution in [3.63, 3.8) is 0 Å². The monoisotopic (exact) mass is 452 g/mol. The second-order valence-electron chi connectivity index (χ2n) is 8.71. The lowest BCUT2D eigenvalue weighted by Crippen LogP contribution is -2.79. The van der Waals surface area contributed by atoms with E-state index in [0.717, 1.165) is 32.4 Å². The number of hydrogen-bond acceptors (Lipinski definition) is 8. The van der Waals surface area contributed by atoms with Gasteiger partial charge < -0.3 is 20.1 Å². The van der Waals surface area contributed by atoms with Crippen LogP contribution in [0.2, 0.25) is 0 Å². The van der Waals surface area contributed by atoms with Crippen molar-refractivity contribution in [1.82, 2.24) is 15.2 Å². The molecule has 0 bridgehead atoms. The summed E-state index contributed by atoms with van der Waals surface area (Å²) in [6.45, 7) is 4.00. The van der Waals surface area contributed by atoms with Gasteiger partial charge in [-0.2, -0.15) is 0 Å². The Labute approximate surface area is 186 Å². The smallest absolute Gasteiger partial charge is 0.320 e. The number of rotatable bonds is 8. The third-order valence-corrected chi connectivity index (χ3v) is 6.76. The number of nitrogens with two attached hydrogens (primary N) is 1. The van der Waals surface area contributed by atoms with Gasteiger partial charge in [-0.05, 0) is 58.0 Å². The Kier molecular flexibility index (Phi) is 7.63. The molecule has 178 valence electrons. The van der Waals surface area contributed by atoms with Crippen LogP contribution in [-0.4, -0.2) is 82.9 Å². The van der Waals surface area contributed by atoms with Crippen LogP contribution >= 0.6 is 0 Å². The summed E-state index contributed by atoms with van der Waals surface area (Å²) in [4.78, 5) is 63.3. The molecule has 2 heterocycles. The van der Waals surface area contributed by atoms with Gasteiger partial charge in [0.15, 0.2) is 5.92 Å². The Bertz CT molecular complexity index is 782. The van der Waals surface area contributed by atoms with Crippen molar-refractivity contribution in [3.05, 3.63) is 0 Å². The van der Waals surface area contributed by atoms with E-state index in [0.29, 0.717) is 36.7 Å². The lowest BCUT2D eigenvalue weighted by atomic mass is 9.71. The summed E-state index contributed by atoms with van der Waals surface area (Å²) in [5.41, 5.74) is -2.34. The number of nitrogens with zero attached hydrogens (tertiary/aromatic N) is 2. The number of Topliss-reactive ketones (excluding diaryl/α,β-unsaturated/α-hetero) is 2. The normalized spacial score (nSPS) is 28.9. The zero-order valence-electron chi connectivity index (χ0n) is 18.4. The van der Waals surface area contributed by atoms with Gasteiger partial charge in [0.1, 0.15) is 0 Å². The van der Waals surface area contributed by atoms with Gasteiger partial charge in [-0.15, -0.1) is 0 Å². The highest BCUT2D eigenvalue weighted by atomic mass is 16.5. The van der Waals surface area contributed by atoms with E-state index < -0.39 is 41.0 Å². The number of carboxylic acids is 1. The molecule has 2 saturated heterocycles. The van der Waals surface area contributed by atoms with Crippen molar-refractivity contribution in [2.24, 2.45) is 23.6 Å². The van der Waals surface area contributed by atoms with Crippen LogP contribution < -0.4 is 11.2 Å². The molecule has 3 aliphatic rings. The summed E-state index contributed by atoms with van der Waals surface area (Å²) in [5, 5.41) is 13.2. The number of carbonyl (C=O) groups excluding carboxylic acids is 4. The largest absolute Gasteiger partial charge is 0.481 e. The van der Waals surface area contributed by atoms with Crippen molar-refractivity contribution in [2.45, 2.75) is 51.2 Å². The molecule has 3 rings (SSSR count). The molecule has 11 nitrogen and oxygen atoms in total. The summed E-state index contributed by atoms with van der Waals surface area (Å²) in [6.07, 6.45) is 4.34. The zero-order valence-corrected chi connectivity index (χ0v) is 18.4. The molecular weight excluding hydrogens is 420 g/mol. The van der Waals surface area contributed by atoms with Crippen molar-refractivity contribution in [1.29, 1.82) is 0 Å². The fourth-order valence-corrected chi connectivity index (χ4v) is 4.93.